The molecule has 2 N–H and O–H groups in total. The number of allylic oxidation sites excluding steroid dienone is 2. The number of amides is 3. The first-order valence-corrected chi connectivity index (χ1v) is 14.4. The molecule has 0 saturated heterocycles. The monoisotopic (exact) mass is 542 g/mol. The molecule has 6 rings (SSSR count). The summed E-state index contributed by atoms with van der Waals surface area (Å²) < 4.78 is 1.04. The van der Waals surface area contributed by atoms with Crippen LogP contribution in [0.5, 0.6) is 0 Å². The molecule has 1 aromatic heterocycles. The fourth-order valence-electron chi connectivity index (χ4n) is 4.30. The van der Waals surface area contributed by atoms with Crippen LogP contribution in [0.25, 0.3) is 10.2 Å². The summed E-state index contributed by atoms with van der Waals surface area (Å²) in [6, 6.07) is 23.1. The van der Waals surface area contributed by atoms with Gasteiger partial charge in [-0.05, 0) is 42.5 Å². The van der Waals surface area contributed by atoms with Crippen LogP contribution < -0.4 is 15.5 Å². The molecular weight excluding hydrogens is 521 g/mol. The lowest BCUT2D eigenvalue weighted by molar-refractivity contribution is -0.113. The van der Waals surface area contributed by atoms with Crippen LogP contribution >= 0.6 is 34.9 Å². The van der Waals surface area contributed by atoms with Crippen molar-refractivity contribution in [2.45, 2.75) is 21.1 Å². The number of hydrogen-bond acceptors (Lipinski definition) is 6. The molecule has 6 nitrogen and oxygen atoms in total. The quantitative estimate of drug-likeness (QED) is 0.265. The number of hydrogen-bond donors (Lipinski definition) is 2. The molecule has 2 atom stereocenters. The van der Waals surface area contributed by atoms with E-state index in [4.69, 9.17) is 0 Å². The van der Waals surface area contributed by atoms with E-state index >= 15 is 0 Å². The maximum absolute atomic E-state index is 13.5. The molecule has 3 aromatic carbocycles. The van der Waals surface area contributed by atoms with Crippen LogP contribution in [-0.4, -0.2) is 34.0 Å². The van der Waals surface area contributed by atoms with Crippen molar-refractivity contribution in [1.29, 1.82) is 0 Å². The number of anilines is 3. The van der Waals surface area contributed by atoms with Gasteiger partial charge in [0.1, 0.15) is 0 Å². The molecule has 37 heavy (non-hydrogen) atoms. The van der Waals surface area contributed by atoms with E-state index in [2.05, 4.69) is 33.8 Å². The van der Waals surface area contributed by atoms with Crippen molar-refractivity contribution < 1.29 is 9.59 Å². The summed E-state index contributed by atoms with van der Waals surface area (Å²) in [7, 11) is 0. The second kappa shape index (κ2) is 10.5. The lowest BCUT2D eigenvalue weighted by atomic mass is 10.1. The minimum Gasteiger partial charge on any atom is -0.307 e. The van der Waals surface area contributed by atoms with Gasteiger partial charge in [-0.25, -0.2) is 9.78 Å². The van der Waals surface area contributed by atoms with Crippen LogP contribution in [0.15, 0.2) is 107 Å². The number of fused-ring (bicyclic) bond motifs is 3. The average molecular weight is 543 g/mol. The van der Waals surface area contributed by atoms with E-state index in [-0.39, 0.29) is 29.0 Å². The van der Waals surface area contributed by atoms with Crippen LogP contribution in [0, 0.1) is 0 Å². The summed E-state index contributed by atoms with van der Waals surface area (Å²) in [6.45, 7) is 0. The summed E-state index contributed by atoms with van der Waals surface area (Å²) in [5.74, 6) is 0.120. The normalized spacial score (nSPS) is 17.8. The Kier molecular flexibility index (Phi) is 6.73. The van der Waals surface area contributed by atoms with Gasteiger partial charge in [-0.2, -0.15) is 0 Å². The molecule has 2 heterocycles. The molecule has 0 bridgehead atoms. The summed E-state index contributed by atoms with van der Waals surface area (Å²) in [5, 5.41) is 6.71. The zero-order valence-electron chi connectivity index (χ0n) is 19.5. The highest BCUT2D eigenvalue weighted by Gasteiger charge is 2.36. The van der Waals surface area contributed by atoms with Crippen molar-refractivity contribution in [3.63, 3.8) is 0 Å². The maximum Gasteiger partial charge on any atom is 0.326 e. The van der Waals surface area contributed by atoms with E-state index in [1.807, 2.05) is 83.8 Å². The topological polar surface area (TPSA) is 74.3 Å². The predicted octanol–water partition coefficient (Wildman–Crippen LogP) is 7.03. The van der Waals surface area contributed by atoms with Crippen LogP contribution in [0.3, 0.4) is 0 Å². The van der Waals surface area contributed by atoms with Crippen LogP contribution in [-0.2, 0) is 4.79 Å². The van der Waals surface area contributed by atoms with Gasteiger partial charge < -0.3 is 10.6 Å². The molecule has 3 amide bonds. The number of para-hydroxylation sites is 2. The summed E-state index contributed by atoms with van der Waals surface area (Å²) in [5.41, 5.74) is 2.47. The Morgan fingerprint density at radius 2 is 1.78 bits per heavy atom. The first-order valence-electron chi connectivity index (χ1n) is 11.7. The van der Waals surface area contributed by atoms with E-state index in [0.717, 1.165) is 25.7 Å². The van der Waals surface area contributed by atoms with Gasteiger partial charge in [0.15, 0.2) is 5.13 Å². The van der Waals surface area contributed by atoms with Crippen molar-refractivity contribution in [3.05, 3.63) is 97.1 Å². The van der Waals surface area contributed by atoms with Crippen LogP contribution in [0.2, 0.25) is 0 Å². The van der Waals surface area contributed by atoms with Crippen molar-refractivity contribution in [2.75, 3.05) is 21.3 Å². The van der Waals surface area contributed by atoms with Gasteiger partial charge in [0.25, 0.3) is 0 Å². The number of urea groups is 1. The minimum atomic E-state index is -0.182. The molecule has 2 aliphatic rings. The summed E-state index contributed by atoms with van der Waals surface area (Å²) >= 11 is 4.65. The van der Waals surface area contributed by atoms with Gasteiger partial charge in [-0.15, -0.1) is 23.5 Å². The Balaban J connectivity index is 1.12. The number of benzene rings is 3. The standard InChI is InChI=1S/C28H22N4O2S3/c33-26(31-27-30-20-10-1-4-13-23(20)37-27)17-35-19-9-7-8-18(16-19)29-28(34)32-21-11-2-5-14-24(21)36-25-15-6-3-12-22(25)32/h1-16,21,24H,17H2,(H,29,34)(H,30,31,33). The second-order valence-corrected chi connectivity index (χ2v) is 11.8. The third-order valence-corrected chi connectivity index (χ3v) is 9.21. The van der Waals surface area contributed by atoms with Crippen LogP contribution in [0.1, 0.15) is 0 Å². The lowest BCUT2D eigenvalue weighted by Gasteiger charge is -2.40. The third-order valence-electron chi connectivity index (χ3n) is 5.96. The molecule has 1 aliphatic heterocycles. The Morgan fingerprint density at radius 3 is 2.70 bits per heavy atom. The van der Waals surface area contributed by atoms with Gasteiger partial charge in [0, 0.05) is 15.5 Å². The van der Waals surface area contributed by atoms with Gasteiger partial charge in [0.2, 0.25) is 5.91 Å². The van der Waals surface area contributed by atoms with Crippen molar-refractivity contribution in [3.8, 4) is 0 Å². The highest BCUT2D eigenvalue weighted by Crippen LogP contribution is 2.43. The SMILES string of the molecule is O=C(CSc1cccc(NC(=O)N2c3ccccc3SC3C=CC=CC32)c1)Nc1nc2ccccc2s1. The minimum absolute atomic E-state index is 0.0614. The molecule has 2 unspecified atom stereocenters. The smallest absolute Gasteiger partial charge is 0.307 e. The average Bonchev–Trinajstić information content (AvgIpc) is 3.33. The van der Waals surface area contributed by atoms with E-state index in [0.29, 0.717) is 10.8 Å². The zero-order valence-corrected chi connectivity index (χ0v) is 22.0. The number of carbonyl (C=O) groups is 2. The molecule has 184 valence electrons. The Morgan fingerprint density at radius 1 is 0.946 bits per heavy atom. The van der Waals surface area contributed by atoms with E-state index < -0.39 is 0 Å². The van der Waals surface area contributed by atoms with Gasteiger partial charge >= 0.3 is 6.03 Å². The summed E-state index contributed by atoms with van der Waals surface area (Å²) in [4.78, 5) is 34.3. The van der Waals surface area contributed by atoms with Crippen LogP contribution in [0.4, 0.5) is 21.3 Å². The first-order chi connectivity index (χ1) is 18.1. The maximum atomic E-state index is 13.5. The van der Waals surface area contributed by atoms with E-state index in [1.54, 1.807) is 11.8 Å². The third kappa shape index (κ3) is 5.16. The highest BCUT2D eigenvalue weighted by molar-refractivity contribution is 8.00. The highest BCUT2D eigenvalue weighted by atomic mass is 32.2. The number of aromatic nitrogens is 1. The Hall–Kier alpha value is -3.53. The van der Waals surface area contributed by atoms with Gasteiger partial charge in [-0.3, -0.25) is 9.69 Å². The van der Waals surface area contributed by atoms with Crippen molar-refractivity contribution >= 4 is 73.5 Å². The van der Waals surface area contributed by atoms with Gasteiger partial charge in [0.05, 0.1) is 32.9 Å². The predicted molar refractivity (Wildman–Crippen MR) is 155 cm³/mol. The van der Waals surface area contributed by atoms with Gasteiger partial charge in [-0.1, -0.05) is 66.0 Å². The lowest BCUT2D eigenvalue weighted by Crippen LogP contribution is -2.49. The molecule has 4 aromatic rings. The largest absolute Gasteiger partial charge is 0.326 e. The zero-order chi connectivity index (χ0) is 25.2. The molecule has 9 heteroatoms. The molecule has 0 fully saturated rings. The number of carbonyl (C=O) groups excluding carboxylic acids is 2. The molecular formula is C28H22N4O2S3. The second-order valence-electron chi connectivity index (χ2n) is 8.46. The molecule has 0 spiro atoms. The number of thioether (sulfide) groups is 2. The Labute approximate surface area is 226 Å². The van der Waals surface area contributed by atoms with E-state index in [9.17, 15) is 9.59 Å². The number of nitrogens with one attached hydrogen (secondary N) is 2. The fraction of sp³-hybridized carbons (Fsp3) is 0.107. The van der Waals surface area contributed by atoms with Crippen molar-refractivity contribution in [1.82, 2.24) is 4.98 Å². The number of rotatable bonds is 5. The fourth-order valence-corrected chi connectivity index (χ4v) is 7.20. The number of thiazole rings is 1. The molecule has 1 aliphatic carbocycles. The number of nitrogens with zero attached hydrogens (tertiary/aromatic N) is 2. The molecule has 0 saturated carbocycles. The van der Waals surface area contributed by atoms with Crippen molar-refractivity contribution in [2.24, 2.45) is 0 Å². The summed E-state index contributed by atoms with van der Waals surface area (Å²) in [6.07, 6.45) is 8.24. The first kappa shape index (κ1) is 23.8. The molecule has 0 radical (unpaired) electrons. The van der Waals surface area contributed by atoms with E-state index in [1.165, 1.54) is 23.1 Å². The Bertz CT molecular complexity index is 1510.